The van der Waals surface area contributed by atoms with Crippen molar-refractivity contribution in [2.45, 2.75) is 32.0 Å². The summed E-state index contributed by atoms with van der Waals surface area (Å²) in [7, 11) is 0. The number of aromatic hydroxyl groups is 1. The lowest BCUT2D eigenvalue weighted by Gasteiger charge is -2.28. The number of carbonyl (C=O) groups is 2. The number of benzene rings is 3. The standard InChI is InChI=1S/C27H28N2O8/c1-2-34-23(9-5-6-10-25(31)29-33)26(20-12-13-21(30)19-8-4-3-7-18(19)20)37-27(32)28-17-11-14-22-24(15-17)36-16-35-22/h3-4,6-8,10-15,23,26,30,33H,2,5,9,16H2,1H3,(H,28,32)(H,29,31)/b10-6+/t23-,26-/m1/s1. The number of hydrogen-bond donors (Lipinski definition) is 4. The summed E-state index contributed by atoms with van der Waals surface area (Å²) < 4.78 is 22.6. The first-order valence-electron chi connectivity index (χ1n) is 11.8. The lowest BCUT2D eigenvalue weighted by molar-refractivity contribution is -0.124. The fourth-order valence-corrected chi connectivity index (χ4v) is 4.16. The predicted octanol–water partition coefficient (Wildman–Crippen LogP) is 4.81. The van der Waals surface area contributed by atoms with Gasteiger partial charge in [0.05, 0.1) is 6.10 Å². The van der Waals surface area contributed by atoms with Crippen LogP contribution in [0.3, 0.4) is 0 Å². The van der Waals surface area contributed by atoms with Crippen LogP contribution in [0.1, 0.15) is 31.4 Å². The summed E-state index contributed by atoms with van der Waals surface area (Å²) in [6.07, 6.45) is 1.48. The first kappa shape index (κ1) is 25.8. The molecule has 0 radical (unpaired) electrons. The van der Waals surface area contributed by atoms with Gasteiger partial charge in [-0.05, 0) is 43.4 Å². The van der Waals surface area contributed by atoms with Crippen molar-refractivity contribution in [3.63, 3.8) is 0 Å². The van der Waals surface area contributed by atoms with Crippen LogP contribution in [0.5, 0.6) is 17.2 Å². The molecule has 37 heavy (non-hydrogen) atoms. The molecule has 0 fully saturated rings. The lowest BCUT2D eigenvalue weighted by Crippen LogP contribution is -2.29. The Morgan fingerprint density at radius 2 is 1.86 bits per heavy atom. The van der Waals surface area contributed by atoms with Crippen LogP contribution in [0.25, 0.3) is 10.8 Å². The van der Waals surface area contributed by atoms with Crippen LogP contribution in [0.2, 0.25) is 0 Å². The molecule has 0 saturated heterocycles. The van der Waals surface area contributed by atoms with Crippen LogP contribution in [-0.4, -0.2) is 41.8 Å². The highest BCUT2D eigenvalue weighted by Crippen LogP contribution is 2.37. The number of ether oxygens (including phenoxy) is 4. The molecule has 4 N–H and O–H groups in total. The van der Waals surface area contributed by atoms with Crippen molar-refractivity contribution in [1.29, 1.82) is 0 Å². The largest absolute Gasteiger partial charge is 0.507 e. The van der Waals surface area contributed by atoms with E-state index in [0.29, 0.717) is 53.0 Å². The van der Waals surface area contributed by atoms with Gasteiger partial charge in [0, 0.05) is 35.4 Å². The third-order valence-electron chi connectivity index (χ3n) is 5.81. The average Bonchev–Trinajstić information content (AvgIpc) is 3.37. The van der Waals surface area contributed by atoms with E-state index in [1.165, 1.54) is 6.08 Å². The zero-order valence-corrected chi connectivity index (χ0v) is 20.2. The van der Waals surface area contributed by atoms with Crippen molar-refractivity contribution in [3.8, 4) is 17.2 Å². The maximum Gasteiger partial charge on any atom is 0.412 e. The Labute approximate surface area is 213 Å². The van der Waals surface area contributed by atoms with Gasteiger partial charge >= 0.3 is 6.09 Å². The number of anilines is 1. The Hall–Kier alpha value is -4.28. The smallest absolute Gasteiger partial charge is 0.412 e. The predicted molar refractivity (Wildman–Crippen MR) is 135 cm³/mol. The van der Waals surface area contributed by atoms with Gasteiger partial charge in [0.15, 0.2) is 17.6 Å². The molecule has 1 heterocycles. The average molecular weight is 509 g/mol. The molecule has 3 aromatic carbocycles. The van der Waals surface area contributed by atoms with Crippen molar-refractivity contribution in [2.24, 2.45) is 0 Å². The molecule has 0 bridgehead atoms. The van der Waals surface area contributed by atoms with Crippen molar-refractivity contribution < 1.29 is 38.9 Å². The molecule has 0 saturated carbocycles. The first-order valence-corrected chi connectivity index (χ1v) is 11.8. The van der Waals surface area contributed by atoms with E-state index in [4.69, 9.17) is 24.2 Å². The molecule has 10 heteroatoms. The molecule has 0 unspecified atom stereocenters. The normalized spacial score (nSPS) is 13.9. The number of fused-ring (bicyclic) bond motifs is 2. The van der Waals surface area contributed by atoms with Gasteiger partial charge in [-0.1, -0.05) is 36.4 Å². The van der Waals surface area contributed by atoms with Gasteiger partial charge in [-0.2, -0.15) is 0 Å². The number of rotatable bonds is 10. The summed E-state index contributed by atoms with van der Waals surface area (Å²) in [5.41, 5.74) is 2.67. The highest BCUT2D eigenvalue weighted by atomic mass is 16.7. The molecule has 1 aliphatic heterocycles. The number of phenols is 1. The number of phenolic OH excluding ortho intramolecular Hbond substituents is 1. The van der Waals surface area contributed by atoms with Gasteiger partial charge in [-0.3, -0.25) is 15.3 Å². The van der Waals surface area contributed by atoms with Crippen LogP contribution in [0.4, 0.5) is 10.5 Å². The van der Waals surface area contributed by atoms with Crippen LogP contribution in [0.15, 0.2) is 66.7 Å². The van der Waals surface area contributed by atoms with Crippen molar-refractivity contribution >= 4 is 28.5 Å². The highest BCUT2D eigenvalue weighted by molar-refractivity contribution is 5.92. The summed E-state index contributed by atoms with van der Waals surface area (Å²) in [4.78, 5) is 24.4. The van der Waals surface area contributed by atoms with Crippen LogP contribution in [-0.2, 0) is 14.3 Å². The van der Waals surface area contributed by atoms with Gasteiger partial charge in [0.1, 0.15) is 5.75 Å². The minimum atomic E-state index is -0.848. The SMILES string of the molecule is CCO[C@H](CC/C=C/C(=O)NO)[C@H](OC(=O)Nc1ccc2c(c1)OCO2)c1ccc(O)c2ccccc12. The van der Waals surface area contributed by atoms with Gasteiger partial charge in [-0.15, -0.1) is 0 Å². The van der Waals surface area contributed by atoms with Gasteiger partial charge in [-0.25, -0.2) is 10.3 Å². The summed E-state index contributed by atoms with van der Waals surface area (Å²) in [6.45, 7) is 2.30. The molecule has 1 aliphatic rings. The zero-order chi connectivity index (χ0) is 26.2. The number of carbonyl (C=O) groups excluding carboxylic acids is 2. The molecule has 10 nitrogen and oxygen atoms in total. The molecular weight excluding hydrogens is 480 g/mol. The van der Waals surface area contributed by atoms with Crippen LogP contribution < -0.4 is 20.3 Å². The number of allylic oxidation sites excluding steroid dienone is 1. The molecule has 3 aromatic rings. The highest BCUT2D eigenvalue weighted by Gasteiger charge is 2.29. The molecule has 194 valence electrons. The number of nitrogens with one attached hydrogen (secondary N) is 2. The van der Waals surface area contributed by atoms with E-state index in [9.17, 15) is 14.7 Å². The first-order chi connectivity index (χ1) is 18.0. The second-order valence-corrected chi connectivity index (χ2v) is 8.19. The molecule has 0 aliphatic carbocycles. The van der Waals surface area contributed by atoms with E-state index >= 15 is 0 Å². The third-order valence-corrected chi connectivity index (χ3v) is 5.81. The molecule has 2 atom stereocenters. The van der Waals surface area contributed by atoms with Gasteiger partial charge < -0.3 is 24.1 Å². The maximum absolute atomic E-state index is 13.1. The van der Waals surface area contributed by atoms with E-state index < -0.39 is 24.2 Å². The van der Waals surface area contributed by atoms with E-state index in [1.807, 2.05) is 25.1 Å². The third kappa shape index (κ3) is 6.29. The Morgan fingerprint density at radius 1 is 1.08 bits per heavy atom. The van der Waals surface area contributed by atoms with E-state index in [-0.39, 0.29) is 12.5 Å². The van der Waals surface area contributed by atoms with Crippen molar-refractivity contribution in [3.05, 3.63) is 72.3 Å². The monoisotopic (exact) mass is 508 g/mol. The van der Waals surface area contributed by atoms with Crippen molar-refractivity contribution in [2.75, 3.05) is 18.7 Å². The molecule has 4 rings (SSSR count). The van der Waals surface area contributed by atoms with Crippen molar-refractivity contribution in [1.82, 2.24) is 5.48 Å². The maximum atomic E-state index is 13.1. The second kappa shape index (κ2) is 12.1. The summed E-state index contributed by atoms with van der Waals surface area (Å²) >= 11 is 0. The topological polar surface area (TPSA) is 136 Å². The number of hydroxylamine groups is 1. The summed E-state index contributed by atoms with van der Waals surface area (Å²) in [6, 6.07) is 15.5. The number of amides is 2. The summed E-state index contributed by atoms with van der Waals surface area (Å²) in [5, 5.41) is 23.1. The Morgan fingerprint density at radius 3 is 2.65 bits per heavy atom. The minimum absolute atomic E-state index is 0.105. The fraction of sp³-hybridized carbons (Fsp3) is 0.259. The second-order valence-electron chi connectivity index (χ2n) is 8.19. The molecule has 0 aromatic heterocycles. The number of hydrogen-bond acceptors (Lipinski definition) is 8. The zero-order valence-electron chi connectivity index (χ0n) is 20.2. The molecular formula is C27H28N2O8. The molecule has 0 spiro atoms. The van der Waals surface area contributed by atoms with Gasteiger partial charge in [0.25, 0.3) is 5.91 Å². The molecule has 2 amide bonds. The summed E-state index contributed by atoms with van der Waals surface area (Å²) in [5.74, 6) is 0.568. The quantitative estimate of drug-likeness (QED) is 0.174. The van der Waals surface area contributed by atoms with E-state index in [1.54, 1.807) is 48.0 Å². The lowest BCUT2D eigenvalue weighted by atomic mass is 9.94. The van der Waals surface area contributed by atoms with E-state index in [0.717, 1.165) is 0 Å². The van der Waals surface area contributed by atoms with Crippen LogP contribution >= 0.6 is 0 Å². The Kier molecular flexibility index (Phi) is 8.44. The fourth-order valence-electron chi connectivity index (χ4n) is 4.16. The Balaban J connectivity index is 1.62. The Bertz CT molecular complexity index is 1290. The van der Waals surface area contributed by atoms with E-state index in [2.05, 4.69) is 5.32 Å². The minimum Gasteiger partial charge on any atom is -0.507 e. The van der Waals surface area contributed by atoms with Crippen LogP contribution in [0, 0.1) is 0 Å². The van der Waals surface area contributed by atoms with Gasteiger partial charge in [0.2, 0.25) is 6.79 Å².